The lowest BCUT2D eigenvalue weighted by Gasteiger charge is -2.16. The van der Waals surface area contributed by atoms with Crippen LogP contribution in [0.1, 0.15) is 11.7 Å². The molecule has 0 spiro atoms. The van der Waals surface area contributed by atoms with Gasteiger partial charge in [0.15, 0.2) is 11.5 Å². The number of hydrogen-bond donors (Lipinski definition) is 2. The van der Waals surface area contributed by atoms with E-state index in [9.17, 15) is 0 Å². The first-order chi connectivity index (χ1) is 14.1. The van der Waals surface area contributed by atoms with Crippen LogP contribution in [0.3, 0.4) is 0 Å². The van der Waals surface area contributed by atoms with Gasteiger partial charge in [0.05, 0.1) is 11.9 Å². The molecule has 6 nitrogen and oxygen atoms in total. The molecule has 4 rings (SSSR count). The van der Waals surface area contributed by atoms with Crippen molar-refractivity contribution < 1.29 is 9.26 Å². The monoisotopic (exact) mass is 406 g/mol. The number of nitrogens with zero attached hydrogens (tertiary/aromatic N) is 2. The molecule has 7 heteroatoms. The molecular weight excluding hydrogens is 388 g/mol. The van der Waals surface area contributed by atoms with Crippen LogP contribution in [0, 0.1) is 0 Å². The van der Waals surface area contributed by atoms with E-state index in [2.05, 4.69) is 10.1 Å². The largest absolute Gasteiger partial charge is 0.465 e. The fourth-order valence-corrected chi connectivity index (χ4v) is 3.31. The second-order valence-corrected chi connectivity index (χ2v) is 6.87. The Morgan fingerprint density at radius 3 is 2.55 bits per heavy atom. The summed E-state index contributed by atoms with van der Waals surface area (Å²) in [7, 11) is 0. The smallest absolute Gasteiger partial charge is 0.262 e. The lowest BCUT2D eigenvalue weighted by Crippen LogP contribution is -2.24. The highest BCUT2D eigenvalue weighted by Crippen LogP contribution is 2.34. The van der Waals surface area contributed by atoms with Gasteiger partial charge in [-0.1, -0.05) is 66.2 Å². The Kier molecular flexibility index (Phi) is 5.35. The maximum atomic E-state index is 6.35. The van der Waals surface area contributed by atoms with Crippen molar-refractivity contribution in [3.05, 3.63) is 83.4 Å². The molecule has 4 aromatic rings. The molecule has 0 aliphatic rings. The summed E-state index contributed by atoms with van der Waals surface area (Å²) in [6, 6.07) is 23.1. The predicted octanol–water partition coefficient (Wildman–Crippen LogP) is 4.54. The standard InChI is InChI=1S/C22H19ClN4O2/c23-18-9-5-4-8-16(18)15-10-11-19-17(12-15)21(27-29-19)28-20(13-26-22(24)25)14-6-2-1-3-7-14/h1-12,20H,13H2,(H4,24,25,26)/t20-/m0/s1. The van der Waals surface area contributed by atoms with E-state index >= 15 is 0 Å². The van der Waals surface area contributed by atoms with Gasteiger partial charge in [0.1, 0.15) is 6.10 Å². The summed E-state index contributed by atoms with van der Waals surface area (Å²) in [5, 5.41) is 5.51. The van der Waals surface area contributed by atoms with Crippen molar-refractivity contribution in [1.82, 2.24) is 5.16 Å². The number of halogens is 1. The fraction of sp³-hybridized carbons (Fsp3) is 0.0909. The highest BCUT2D eigenvalue weighted by Gasteiger charge is 2.19. The van der Waals surface area contributed by atoms with E-state index in [1.54, 1.807) is 0 Å². The number of rotatable bonds is 6. The molecule has 0 radical (unpaired) electrons. The van der Waals surface area contributed by atoms with Crippen molar-refractivity contribution in [2.24, 2.45) is 16.5 Å². The first-order valence-electron chi connectivity index (χ1n) is 9.03. The van der Waals surface area contributed by atoms with Gasteiger partial charge >= 0.3 is 0 Å². The van der Waals surface area contributed by atoms with E-state index < -0.39 is 6.10 Å². The number of aliphatic imine (C=N–C) groups is 1. The van der Waals surface area contributed by atoms with Crippen LogP contribution in [0.15, 0.2) is 82.3 Å². The first-order valence-corrected chi connectivity index (χ1v) is 9.41. The van der Waals surface area contributed by atoms with Crippen molar-refractivity contribution >= 4 is 28.5 Å². The van der Waals surface area contributed by atoms with Crippen LogP contribution in [0.5, 0.6) is 5.88 Å². The summed E-state index contributed by atoms with van der Waals surface area (Å²) in [6.07, 6.45) is -0.421. The van der Waals surface area contributed by atoms with Crippen LogP contribution in [0.4, 0.5) is 0 Å². The number of ether oxygens (including phenoxy) is 1. The number of fused-ring (bicyclic) bond motifs is 1. The third kappa shape index (κ3) is 4.17. The highest BCUT2D eigenvalue weighted by atomic mass is 35.5. The summed E-state index contributed by atoms with van der Waals surface area (Å²) in [6.45, 7) is 0.255. The molecule has 1 heterocycles. The lowest BCUT2D eigenvalue weighted by molar-refractivity contribution is 0.197. The lowest BCUT2D eigenvalue weighted by atomic mass is 10.0. The molecule has 29 heavy (non-hydrogen) atoms. The molecule has 0 bridgehead atoms. The Bertz CT molecular complexity index is 1150. The third-order valence-corrected chi connectivity index (χ3v) is 4.82. The van der Waals surface area contributed by atoms with Gasteiger partial charge in [-0.2, -0.15) is 0 Å². The molecule has 146 valence electrons. The van der Waals surface area contributed by atoms with E-state index in [0.717, 1.165) is 22.1 Å². The highest BCUT2D eigenvalue weighted by molar-refractivity contribution is 6.33. The molecule has 0 unspecified atom stereocenters. The Hall–Kier alpha value is -3.51. The van der Waals surface area contributed by atoms with E-state index in [1.807, 2.05) is 72.8 Å². The minimum Gasteiger partial charge on any atom is -0.465 e. The molecule has 1 atom stereocenters. The minimum absolute atomic E-state index is 0.000507. The number of guanidine groups is 1. The van der Waals surface area contributed by atoms with Gasteiger partial charge in [-0.15, -0.1) is 0 Å². The summed E-state index contributed by atoms with van der Waals surface area (Å²) in [5.74, 6) is 0.370. The molecule has 0 fully saturated rings. The van der Waals surface area contributed by atoms with Gasteiger partial charge in [-0.25, -0.2) is 4.99 Å². The molecule has 0 saturated heterocycles. The van der Waals surface area contributed by atoms with Crippen LogP contribution >= 0.6 is 11.6 Å². The van der Waals surface area contributed by atoms with Gasteiger partial charge < -0.3 is 20.7 Å². The van der Waals surface area contributed by atoms with E-state index in [1.165, 1.54) is 0 Å². The zero-order valence-corrected chi connectivity index (χ0v) is 16.2. The molecule has 3 aromatic carbocycles. The predicted molar refractivity (Wildman–Crippen MR) is 115 cm³/mol. The second kappa shape index (κ2) is 8.24. The number of aromatic nitrogens is 1. The van der Waals surface area contributed by atoms with Crippen LogP contribution in [0.25, 0.3) is 22.1 Å². The van der Waals surface area contributed by atoms with E-state index in [-0.39, 0.29) is 12.5 Å². The second-order valence-electron chi connectivity index (χ2n) is 6.46. The van der Waals surface area contributed by atoms with Gasteiger partial charge in [0, 0.05) is 10.6 Å². The number of benzene rings is 3. The zero-order valence-electron chi connectivity index (χ0n) is 15.5. The van der Waals surface area contributed by atoms with Crippen LogP contribution in [-0.4, -0.2) is 17.7 Å². The molecule has 4 N–H and O–H groups in total. The average Bonchev–Trinajstić information content (AvgIpc) is 3.14. The van der Waals surface area contributed by atoms with Crippen molar-refractivity contribution in [3.63, 3.8) is 0 Å². The average molecular weight is 407 g/mol. The SMILES string of the molecule is NC(N)=NC[C@H](Oc1noc2ccc(-c3ccccc3Cl)cc12)c1ccccc1. The molecule has 1 aromatic heterocycles. The topological polar surface area (TPSA) is 99.7 Å². The summed E-state index contributed by atoms with van der Waals surface area (Å²) < 4.78 is 11.6. The van der Waals surface area contributed by atoms with Crippen LogP contribution in [-0.2, 0) is 0 Å². The fourth-order valence-electron chi connectivity index (χ4n) is 3.07. The third-order valence-electron chi connectivity index (χ3n) is 4.49. The zero-order chi connectivity index (χ0) is 20.2. The van der Waals surface area contributed by atoms with Gasteiger partial charge in [0.2, 0.25) is 0 Å². The van der Waals surface area contributed by atoms with Gasteiger partial charge in [-0.3, -0.25) is 0 Å². The maximum Gasteiger partial charge on any atom is 0.262 e. The quantitative estimate of drug-likeness (QED) is 0.361. The number of nitrogens with two attached hydrogens (primary N) is 2. The minimum atomic E-state index is -0.421. The normalized spacial score (nSPS) is 11.9. The summed E-state index contributed by atoms with van der Waals surface area (Å²) >= 11 is 6.35. The summed E-state index contributed by atoms with van der Waals surface area (Å²) in [5.41, 5.74) is 14.4. The van der Waals surface area contributed by atoms with Crippen molar-refractivity contribution in [3.8, 4) is 17.0 Å². The van der Waals surface area contributed by atoms with Crippen molar-refractivity contribution in [1.29, 1.82) is 0 Å². The molecule has 0 aliphatic carbocycles. The van der Waals surface area contributed by atoms with Crippen LogP contribution in [0.2, 0.25) is 5.02 Å². The summed E-state index contributed by atoms with van der Waals surface area (Å²) in [4.78, 5) is 4.11. The molecule has 0 saturated carbocycles. The van der Waals surface area contributed by atoms with Gasteiger partial charge in [-0.05, 0) is 34.5 Å². The molecule has 0 amide bonds. The Labute approximate surface area is 172 Å². The number of hydrogen-bond acceptors (Lipinski definition) is 4. The Morgan fingerprint density at radius 2 is 1.79 bits per heavy atom. The Balaban J connectivity index is 1.71. The van der Waals surface area contributed by atoms with Crippen molar-refractivity contribution in [2.45, 2.75) is 6.10 Å². The van der Waals surface area contributed by atoms with Gasteiger partial charge in [0.25, 0.3) is 5.88 Å². The molecular formula is C22H19ClN4O2. The van der Waals surface area contributed by atoms with Crippen LogP contribution < -0.4 is 16.2 Å². The van der Waals surface area contributed by atoms with E-state index in [0.29, 0.717) is 16.5 Å². The maximum absolute atomic E-state index is 6.35. The van der Waals surface area contributed by atoms with Crippen molar-refractivity contribution in [2.75, 3.05) is 6.54 Å². The Morgan fingerprint density at radius 1 is 1.03 bits per heavy atom. The first kappa shape index (κ1) is 18.8. The van der Waals surface area contributed by atoms with E-state index in [4.69, 9.17) is 32.3 Å². The molecule has 0 aliphatic heterocycles.